The minimum absolute atomic E-state index is 0.623. The molecule has 0 radical (unpaired) electrons. The molecule has 3 rings (SSSR count). The highest BCUT2D eigenvalue weighted by Gasteiger charge is 2.38. The van der Waals surface area contributed by atoms with Crippen LogP contribution in [0.15, 0.2) is 29.2 Å². The monoisotopic (exact) mass is 262 g/mol. The fourth-order valence-electron chi connectivity index (χ4n) is 3.02. The first kappa shape index (κ1) is 12.4. The molecular weight excluding hydrogens is 240 g/mol. The fraction of sp³-hybridized carbons (Fsp3) is 0.600. The van der Waals surface area contributed by atoms with E-state index in [-0.39, 0.29) is 0 Å². The average molecular weight is 262 g/mol. The second kappa shape index (κ2) is 5.14. The fourth-order valence-corrected chi connectivity index (χ4v) is 3.48. The molecule has 1 N–H and O–H groups in total. The summed E-state index contributed by atoms with van der Waals surface area (Å²) in [6.45, 7) is 3.59. The molecule has 3 heteroatoms. The first-order chi connectivity index (χ1) is 8.76. The molecule has 2 atom stereocenters. The Morgan fingerprint density at radius 2 is 2.17 bits per heavy atom. The van der Waals surface area contributed by atoms with Crippen molar-refractivity contribution in [3.05, 3.63) is 24.3 Å². The van der Waals surface area contributed by atoms with Gasteiger partial charge in [-0.3, -0.25) is 4.90 Å². The van der Waals surface area contributed by atoms with E-state index in [4.69, 9.17) is 0 Å². The zero-order valence-electron chi connectivity index (χ0n) is 11.2. The van der Waals surface area contributed by atoms with E-state index in [0.717, 1.165) is 12.1 Å². The van der Waals surface area contributed by atoms with Crippen molar-refractivity contribution in [3.63, 3.8) is 0 Å². The highest BCUT2D eigenvalue weighted by molar-refractivity contribution is 7.98. The van der Waals surface area contributed by atoms with E-state index in [2.05, 4.69) is 47.7 Å². The van der Waals surface area contributed by atoms with Crippen LogP contribution in [0.3, 0.4) is 0 Å². The van der Waals surface area contributed by atoms with Gasteiger partial charge in [0.25, 0.3) is 0 Å². The molecule has 1 aliphatic carbocycles. The molecule has 2 fully saturated rings. The van der Waals surface area contributed by atoms with Crippen LogP contribution in [-0.2, 0) is 0 Å². The average Bonchev–Trinajstić information content (AvgIpc) is 3.15. The van der Waals surface area contributed by atoms with E-state index in [0.29, 0.717) is 6.04 Å². The van der Waals surface area contributed by atoms with Crippen LogP contribution in [0.5, 0.6) is 0 Å². The van der Waals surface area contributed by atoms with Crippen molar-refractivity contribution in [2.45, 2.75) is 49.2 Å². The Hall–Kier alpha value is -0.670. The van der Waals surface area contributed by atoms with Crippen LogP contribution in [0.4, 0.5) is 5.69 Å². The maximum Gasteiger partial charge on any atom is 0.0403 e. The van der Waals surface area contributed by atoms with Gasteiger partial charge >= 0.3 is 0 Å². The van der Waals surface area contributed by atoms with Crippen LogP contribution >= 0.6 is 11.8 Å². The number of nitrogens with zero attached hydrogens (tertiary/aromatic N) is 1. The number of anilines is 1. The zero-order chi connectivity index (χ0) is 12.5. The van der Waals surface area contributed by atoms with Gasteiger partial charge in [0, 0.05) is 35.3 Å². The second-order valence-electron chi connectivity index (χ2n) is 5.59. The summed E-state index contributed by atoms with van der Waals surface area (Å²) in [6.07, 6.45) is 6.24. The van der Waals surface area contributed by atoms with Crippen LogP contribution < -0.4 is 5.32 Å². The van der Waals surface area contributed by atoms with Gasteiger partial charge in [-0.15, -0.1) is 11.8 Å². The van der Waals surface area contributed by atoms with Crippen molar-refractivity contribution in [3.8, 4) is 0 Å². The Kier molecular flexibility index (Phi) is 3.53. The van der Waals surface area contributed by atoms with E-state index in [9.17, 15) is 0 Å². The van der Waals surface area contributed by atoms with Gasteiger partial charge in [-0.2, -0.15) is 0 Å². The van der Waals surface area contributed by atoms with Crippen LogP contribution in [0.2, 0.25) is 0 Å². The largest absolute Gasteiger partial charge is 0.381 e. The number of rotatable bonds is 4. The molecule has 0 spiro atoms. The summed E-state index contributed by atoms with van der Waals surface area (Å²) in [4.78, 5) is 4.03. The SMILES string of the molecule is CSc1cccc(NC2CC(C)N(C3CC3)C2)c1. The maximum atomic E-state index is 3.70. The predicted molar refractivity (Wildman–Crippen MR) is 79.4 cm³/mol. The van der Waals surface area contributed by atoms with Crippen molar-refractivity contribution in [2.75, 3.05) is 18.1 Å². The summed E-state index contributed by atoms with van der Waals surface area (Å²) >= 11 is 1.81. The molecule has 0 aromatic heterocycles. The topological polar surface area (TPSA) is 15.3 Å². The molecule has 1 aromatic carbocycles. The first-order valence-corrected chi connectivity index (χ1v) is 8.15. The van der Waals surface area contributed by atoms with Gasteiger partial charge in [0.05, 0.1) is 0 Å². The quantitative estimate of drug-likeness (QED) is 0.837. The minimum atomic E-state index is 0.623. The van der Waals surface area contributed by atoms with Crippen LogP contribution in [0.25, 0.3) is 0 Å². The molecule has 1 aromatic rings. The van der Waals surface area contributed by atoms with Crippen molar-refractivity contribution >= 4 is 17.4 Å². The molecular formula is C15H22N2S. The van der Waals surface area contributed by atoms with E-state index in [1.165, 1.54) is 36.4 Å². The lowest BCUT2D eigenvalue weighted by molar-refractivity contribution is 0.257. The summed E-state index contributed by atoms with van der Waals surface area (Å²) in [6, 6.07) is 11.0. The lowest BCUT2D eigenvalue weighted by Crippen LogP contribution is -2.30. The van der Waals surface area contributed by atoms with Crippen molar-refractivity contribution < 1.29 is 0 Å². The van der Waals surface area contributed by atoms with E-state index >= 15 is 0 Å². The first-order valence-electron chi connectivity index (χ1n) is 6.92. The highest BCUT2D eigenvalue weighted by Crippen LogP contribution is 2.34. The summed E-state index contributed by atoms with van der Waals surface area (Å²) in [7, 11) is 0. The number of hydrogen-bond donors (Lipinski definition) is 1. The van der Waals surface area contributed by atoms with Crippen molar-refractivity contribution in [2.24, 2.45) is 0 Å². The number of benzene rings is 1. The van der Waals surface area contributed by atoms with Crippen molar-refractivity contribution in [1.29, 1.82) is 0 Å². The lowest BCUT2D eigenvalue weighted by Gasteiger charge is -2.20. The van der Waals surface area contributed by atoms with Gasteiger partial charge in [-0.05, 0) is 50.6 Å². The van der Waals surface area contributed by atoms with Crippen LogP contribution in [-0.4, -0.2) is 35.8 Å². The number of hydrogen-bond acceptors (Lipinski definition) is 3. The Balaban J connectivity index is 1.62. The second-order valence-corrected chi connectivity index (χ2v) is 6.47. The molecule has 2 unspecified atom stereocenters. The van der Waals surface area contributed by atoms with Gasteiger partial charge in [0.15, 0.2) is 0 Å². The van der Waals surface area contributed by atoms with Gasteiger partial charge in [-0.1, -0.05) is 6.07 Å². The third kappa shape index (κ3) is 2.67. The predicted octanol–water partition coefficient (Wildman–Crippen LogP) is 3.45. The summed E-state index contributed by atoms with van der Waals surface area (Å²) in [5.74, 6) is 0. The molecule has 0 amide bonds. The molecule has 1 saturated carbocycles. The molecule has 18 heavy (non-hydrogen) atoms. The van der Waals surface area contributed by atoms with E-state index < -0.39 is 0 Å². The van der Waals surface area contributed by atoms with Gasteiger partial charge in [0.1, 0.15) is 0 Å². The number of likely N-dealkylation sites (tertiary alicyclic amines) is 1. The summed E-state index contributed by atoms with van der Waals surface area (Å²) in [5.41, 5.74) is 1.27. The molecule has 1 saturated heterocycles. The third-order valence-corrected chi connectivity index (χ3v) is 4.80. The third-order valence-electron chi connectivity index (χ3n) is 4.08. The summed E-state index contributed by atoms with van der Waals surface area (Å²) < 4.78 is 0. The minimum Gasteiger partial charge on any atom is -0.381 e. The zero-order valence-corrected chi connectivity index (χ0v) is 12.0. The molecule has 2 nitrogen and oxygen atoms in total. The van der Waals surface area contributed by atoms with E-state index in [1.54, 1.807) is 11.8 Å². The standard InChI is InChI=1S/C15H22N2S/c1-11-8-13(10-17(11)14-6-7-14)16-12-4-3-5-15(9-12)18-2/h3-5,9,11,13-14,16H,6-8,10H2,1-2H3. The molecule has 98 valence electrons. The molecule has 2 aliphatic rings. The summed E-state index contributed by atoms with van der Waals surface area (Å²) in [5, 5.41) is 3.70. The molecule has 0 bridgehead atoms. The number of thioether (sulfide) groups is 1. The van der Waals surface area contributed by atoms with Gasteiger partial charge < -0.3 is 5.32 Å². The smallest absolute Gasteiger partial charge is 0.0403 e. The van der Waals surface area contributed by atoms with Crippen molar-refractivity contribution in [1.82, 2.24) is 4.90 Å². The normalized spacial score (nSPS) is 28.6. The Morgan fingerprint density at radius 1 is 1.33 bits per heavy atom. The maximum absolute atomic E-state index is 3.70. The Labute approximate surface area is 114 Å². The Morgan fingerprint density at radius 3 is 2.89 bits per heavy atom. The Bertz CT molecular complexity index is 417. The van der Waals surface area contributed by atoms with Gasteiger partial charge in [0.2, 0.25) is 0 Å². The molecule has 1 heterocycles. The highest BCUT2D eigenvalue weighted by atomic mass is 32.2. The van der Waals surface area contributed by atoms with Gasteiger partial charge in [-0.25, -0.2) is 0 Å². The van der Waals surface area contributed by atoms with E-state index in [1.807, 2.05) is 0 Å². The lowest BCUT2D eigenvalue weighted by atomic mass is 10.2. The van der Waals surface area contributed by atoms with Crippen LogP contribution in [0.1, 0.15) is 26.2 Å². The number of nitrogens with one attached hydrogen (secondary N) is 1. The molecule has 1 aliphatic heterocycles. The van der Waals surface area contributed by atoms with Crippen LogP contribution in [0, 0.1) is 0 Å².